The first-order chi connectivity index (χ1) is 29.0. The van der Waals surface area contributed by atoms with Crippen molar-refractivity contribution in [2.75, 3.05) is 26.4 Å². The third-order valence-electron chi connectivity index (χ3n) is 7.01. The monoisotopic (exact) mass is 861 g/mol. The van der Waals surface area contributed by atoms with E-state index in [1.54, 1.807) is 38.1 Å². The molecule has 0 aliphatic heterocycles. The van der Waals surface area contributed by atoms with Crippen molar-refractivity contribution in [2.45, 2.75) is 134 Å². The van der Waals surface area contributed by atoms with Crippen molar-refractivity contribution < 1.29 is 56.9 Å². The van der Waals surface area contributed by atoms with Gasteiger partial charge in [-0.2, -0.15) is 0 Å². The predicted molar refractivity (Wildman–Crippen MR) is 243 cm³/mol. The molecule has 3 rings (SSSR count). The minimum atomic E-state index is -0.711. The molecule has 0 aliphatic carbocycles. The van der Waals surface area contributed by atoms with E-state index >= 15 is 0 Å². The first-order valence-electron chi connectivity index (χ1n) is 21.5. The lowest BCUT2D eigenvalue weighted by atomic mass is 10.1. The maximum atomic E-state index is 11.3. The molecular weight excluding hydrogens is 781 g/mol. The Hall–Kier alpha value is -5.13. The van der Waals surface area contributed by atoms with Crippen LogP contribution in [0, 0.1) is 23.7 Å². The van der Waals surface area contributed by atoms with Crippen LogP contribution < -0.4 is 0 Å². The summed E-state index contributed by atoms with van der Waals surface area (Å²) in [7, 11) is 0. The molecule has 0 saturated carbocycles. The van der Waals surface area contributed by atoms with Crippen molar-refractivity contribution in [1.82, 2.24) is 0 Å². The number of hydrogen-bond donors (Lipinski definition) is 1. The molecule has 12 heteroatoms. The minimum absolute atomic E-state index is 0.0619. The number of hydrogen-bond acceptors (Lipinski definition) is 11. The Morgan fingerprint density at radius 2 is 0.984 bits per heavy atom. The van der Waals surface area contributed by atoms with Gasteiger partial charge in [0.2, 0.25) is 0 Å². The number of aliphatic carboxylic acids is 1. The third kappa shape index (κ3) is 64.2. The van der Waals surface area contributed by atoms with Crippen LogP contribution in [-0.2, 0) is 42.9 Å². The van der Waals surface area contributed by atoms with Gasteiger partial charge < -0.3 is 32.9 Å². The molecule has 3 aromatic rings. The Kier molecular flexibility index (Phi) is 50.5. The second-order valence-corrected chi connectivity index (χ2v) is 14.9. The summed E-state index contributed by atoms with van der Waals surface area (Å²) in [6.07, 6.45) is 16.5. The lowest BCUT2D eigenvalue weighted by Crippen LogP contribution is -2.06. The van der Waals surface area contributed by atoms with Gasteiger partial charge in [-0.1, -0.05) is 106 Å². The van der Waals surface area contributed by atoms with Crippen molar-refractivity contribution in [3.63, 3.8) is 0 Å². The largest absolute Gasteiger partial charge is 0.481 e. The van der Waals surface area contributed by atoms with E-state index in [9.17, 15) is 24.0 Å². The fraction of sp³-hybridized carbons (Fsp3) is 0.571. The minimum Gasteiger partial charge on any atom is -0.481 e. The van der Waals surface area contributed by atoms with Gasteiger partial charge in [-0.3, -0.25) is 19.2 Å². The zero-order valence-electron chi connectivity index (χ0n) is 39.2. The highest BCUT2D eigenvalue weighted by Crippen LogP contribution is 2.04. The summed E-state index contributed by atoms with van der Waals surface area (Å²) in [6.45, 7) is 25.2. The summed E-state index contributed by atoms with van der Waals surface area (Å²) in [5.74, 6) is 1.27. The molecule has 0 bridgehead atoms. The van der Waals surface area contributed by atoms with Gasteiger partial charge in [-0.15, -0.1) is 0 Å². The molecule has 0 atom stereocenters. The number of carbonyl (C=O) groups excluding carboxylic acids is 4. The van der Waals surface area contributed by atoms with Crippen molar-refractivity contribution in [1.29, 1.82) is 0 Å². The van der Waals surface area contributed by atoms with E-state index in [1.165, 1.54) is 6.08 Å². The fourth-order valence-corrected chi connectivity index (χ4v) is 3.39. The van der Waals surface area contributed by atoms with Crippen molar-refractivity contribution in [2.24, 2.45) is 23.7 Å². The summed E-state index contributed by atoms with van der Waals surface area (Å²) in [5, 5.41) is 7.91. The van der Waals surface area contributed by atoms with E-state index in [4.69, 9.17) is 19.3 Å². The number of esters is 3. The molecule has 0 saturated heterocycles. The molecule has 0 spiro atoms. The van der Waals surface area contributed by atoms with Crippen LogP contribution in [0.4, 0.5) is 0 Å². The van der Waals surface area contributed by atoms with E-state index in [0.29, 0.717) is 75.8 Å². The van der Waals surface area contributed by atoms with Gasteiger partial charge in [0.15, 0.2) is 0 Å². The molecule has 12 nitrogen and oxygen atoms in total. The Morgan fingerprint density at radius 3 is 1.31 bits per heavy atom. The van der Waals surface area contributed by atoms with Gasteiger partial charge in [0.25, 0.3) is 6.47 Å². The first kappa shape index (κ1) is 62.5. The molecule has 2 aromatic heterocycles. The van der Waals surface area contributed by atoms with Crippen LogP contribution in [0.5, 0.6) is 0 Å². The van der Waals surface area contributed by atoms with Gasteiger partial charge in [0.05, 0.1) is 51.5 Å². The van der Waals surface area contributed by atoms with Gasteiger partial charge in [0, 0.05) is 25.3 Å². The Morgan fingerprint density at radius 1 is 0.574 bits per heavy atom. The lowest BCUT2D eigenvalue weighted by molar-refractivity contribution is -0.144. The maximum Gasteiger partial charge on any atom is 0.330 e. The van der Waals surface area contributed by atoms with Gasteiger partial charge in [-0.25, -0.2) is 4.79 Å². The van der Waals surface area contributed by atoms with Crippen LogP contribution in [0.25, 0.3) is 6.08 Å². The number of rotatable bonds is 20. The zero-order valence-corrected chi connectivity index (χ0v) is 39.2. The van der Waals surface area contributed by atoms with E-state index in [2.05, 4.69) is 69.0 Å². The summed E-state index contributed by atoms with van der Waals surface area (Å²) >= 11 is 0. The number of ether oxygens (including phenoxy) is 4. The maximum absolute atomic E-state index is 11.3. The second-order valence-electron chi connectivity index (χ2n) is 14.9. The molecule has 0 fully saturated rings. The van der Waals surface area contributed by atoms with Crippen LogP contribution in [0.2, 0.25) is 0 Å². The van der Waals surface area contributed by atoms with E-state index in [0.717, 1.165) is 44.1 Å². The number of carboxylic acid groups (broad SMARTS) is 1. The smallest absolute Gasteiger partial charge is 0.330 e. The highest BCUT2D eigenvalue weighted by atomic mass is 16.5. The molecule has 0 unspecified atom stereocenters. The zero-order chi connectivity index (χ0) is 46.9. The molecule has 0 radical (unpaired) electrons. The average molecular weight is 861 g/mol. The average Bonchev–Trinajstić information content (AvgIpc) is 3.99. The van der Waals surface area contributed by atoms with Crippen LogP contribution in [-0.4, -0.2) is 61.9 Å². The SMILES string of the molecule is CC(C)CCOC(=O)/C=C/c1ccccc1.CC(C)CCOC=O.CCC(=O)OCCC(C)C.CCCC(=O)O.CCCC(=O)OCCC(C)C.c1ccoc1.c1ccoc1. The van der Waals surface area contributed by atoms with Crippen molar-refractivity contribution in [3.05, 3.63) is 91.3 Å². The van der Waals surface area contributed by atoms with Crippen LogP contribution in [0.1, 0.15) is 140 Å². The molecule has 2 heterocycles. The van der Waals surface area contributed by atoms with E-state index in [1.807, 2.05) is 68.4 Å². The Bertz CT molecular complexity index is 1300. The molecule has 1 N–H and O–H groups in total. The van der Waals surface area contributed by atoms with Gasteiger partial charge in [-0.05, 0) is 98.1 Å². The fourth-order valence-electron chi connectivity index (χ4n) is 3.39. The molecular formula is C49H80O12. The van der Waals surface area contributed by atoms with Crippen molar-refractivity contribution in [3.8, 4) is 0 Å². The van der Waals surface area contributed by atoms with Gasteiger partial charge in [0.1, 0.15) is 0 Å². The first-order valence-corrected chi connectivity index (χ1v) is 21.5. The Balaban J connectivity index is -0.000000323. The summed E-state index contributed by atoms with van der Waals surface area (Å²) in [5.41, 5.74) is 1.00. The molecule has 0 amide bonds. The topological polar surface area (TPSA) is 169 Å². The lowest BCUT2D eigenvalue weighted by Gasteiger charge is -2.05. The summed E-state index contributed by atoms with van der Waals surface area (Å²) in [6, 6.07) is 17.0. The van der Waals surface area contributed by atoms with E-state index < -0.39 is 5.97 Å². The molecule has 348 valence electrons. The highest BCUT2D eigenvalue weighted by molar-refractivity contribution is 5.87. The summed E-state index contributed by atoms with van der Waals surface area (Å²) in [4.78, 5) is 51.8. The van der Waals surface area contributed by atoms with E-state index in [-0.39, 0.29) is 17.9 Å². The second kappa shape index (κ2) is 49.2. The highest BCUT2D eigenvalue weighted by Gasteiger charge is 2.01. The number of carboxylic acids is 1. The number of carbonyl (C=O) groups is 5. The van der Waals surface area contributed by atoms with Crippen LogP contribution >= 0.6 is 0 Å². The molecule has 0 aliphatic rings. The van der Waals surface area contributed by atoms with Crippen molar-refractivity contribution >= 4 is 36.4 Å². The molecule has 1 aromatic carbocycles. The quantitative estimate of drug-likeness (QED) is 0.0376. The normalized spacial score (nSPS) is 9.69. The van der Waals surface area contributed by atoms with Gasteiger partial charge >= 0.3 is 23.9 Å². The van der Waals surface area contributed by atoms with Crippen LogP contribution in [0.15, 0.2) is 94.6 Å². The number of benzene rings is 1. The van der Waals surface area contributed by atoms with Crippen LogP contribution in [0.3, 0.4) is 0 Å². The molecule has 61 heavy (non-hydrogen) atoms. The Labute approximate surface area is 367 Å². The third-order valence-corrected chi connectivity index (χ3v) is 7.01. The standard InChI is InChI=1S/C14H18O2.C9H18O2.C8H16O2.C6H12O2.C4H8O2.2C4H4O/c1-12(2)10-11-16-14(15)9-8-13-6-4-3-5-7-13;1-4-5-9(10)11-7-6-8(2)3;1-4-8(9)10-6-5-7(2)3;1-6(2)3-4-8-5-7;1-2-3-4(5)6;2*1-2-4-5-3-1/h3-9,12H,10-11H2,1-2H3;8H,4-7H2,1-3H3;7H,4-6H2,1-3H3;5-6H,3-4H2,1-2H3;2-3H2,1H3,(H,5,6);2*1-4H/b9-8+;;;;;;. The summed E-state index contributed by atoms with van der Waals surface area (Å²) < 4.78 is 28.5. The number of furan rings is 2. The predicted octanol–water partition coefficient (Wildman–Crippen LogP) is 12.3.